The predicted octanol–water partition coefficient (Wildman–Crippen LogP) is 11.3. The van der Waals surface area contributed by atoms with Crippen molar-refractivity contribution >= 4 is 64.9 Å². The van der Waals surface area contributed by atoms with Gasteiger partial charge in [0.15, 0.2) is 0 Å². The zero-order valence-corrected chi connectivity index (χ0v) is 24.6. The Balaban J connectivity index is 1.30. The van der Waals surface area contributed by atoms with Crippen LogP contribution in [0.25, 0.3) is 87.3 Å². The summed E-state index contributed by atoms with van der Waals surface area (Å²) in [4.78, 5) is 9.82. The van der Waals surface area contributed by atoms with Crippen LogP contribution in [0.4, 0.5) is 0 Å². The molecule has 0 aliphatic heterocycles. The molecule has 0 aliphatic rings. The van der Waals surface area contributed by atoms with Crippen molar-refractivity contribution in [2.24, 2.45) is 0 Å². The van der Waals surface area contributed by atoms with E-state index in [-0.39, 0.29) is 0 Å². The maximum Gasteiger partial charge on any atom is 0.0972 e. The highest BCUT2D eigenvalue weighted by Crippen LogP contribution is 2.43. The van der Waals surface area contributed by atoms with Crippen LogP contribution in [0.2, 0.25) is 0 Å². The zero-order chi connectivity index (χ0) is 29.4. The smallest absolute Gasteiger partial charge is 0.0972 e. The van der Waals surface area contributed by atoms with Gasteiger partial charge in [-0.25, -0.2) is 4.98 Å². The molecule has 2 nitrogen and oxygen atoms in total. The SMILES string of the molecule is Cc1ccc(-c2ccc3ccc4cccnc4c3n2)cc1-c1ccc2c(c1C)c1ccccc1c1ccc3ccccc3c12. The van der Waals surface area contributed by atoms with Crippen molar-refractivity contribution in [3.8, 4) is 22.4 Å². The van der Waals surface area contributed by atoms with Gasteiger partial charge in [0.2, 0.25) is 0 Å². The normalized spacial score (nSPS) is 11.9. The molecule has 0 spiro atoms. The van der Waals surface area contributed by atoms with Gasteiger partial charge in [0.05, 0.1) is 16.7 Å². The first-order valence-electron chi connectivity index (χ1n) is 15.2. The Morgan fingerprint density at radius 1 is 0.455 bits per heavy atom. The molecule has 7 aromatic carbocycles. The molecule has 206 valence electrons. The molecule has 0 atom stereocenters. The van der Waals surface area contributed by atoms with Crippen LogP contribution in [-0.4, -0.2) is 9.97 Å². The number of hydrogen-bond donors (Lipinski definition) is 0. The number of nitrogens with zero attached hydrogens (tertiary/aromatic N) is 2. The van der Waals surface area contributed by atoms with Crippen LogP contribution >= 0.6 is 0 Å². The number of aryl methyl sites for hydroxylation is 2. The van der Waals surface area contributed by atoms with E-state index in [4.69, 9.17) is 4.98 Å². The molecule has 0 saturated heterocycles. The summed E-state index contributed by atoms with van der Waals surface area (Å²) in [6, 6.07) is 46.2. The Morgan fingerprint density at radius 2 is 1.14 bits per heavy atom. The van der Waals surface area contributed by atoms with Crippen LogP contribution in [0.3, 0.4) is 0 Å². The summed E-state index contributed by atoms with van der Waals surface area (Å²) < 4.78 is 0. The van der Waals surface area contributed by atoms with E-state index < -0.39 is 0 Å². The van der Waals surface area contributed by atoms with E-state index in [0.29, 0.717) is 0 Å². The van der Waals surface area contributed by atoms with Gasteiger partial charge in [-0.2, -0.15) is 0 Å². The summed E-state index contributed by atoms with van der Waals surface area (Å²) in [6.07, 6.45) is 1.85. The highest BCUT2D eigenvalue weighted by molar-refractivity contribution is 6.32. The van der Waals surface area contributed by atoms with Gasteiger partial charge in [-0.1, -0.05) is 109 Å². The molecule has 0 radical (unpaired) electrons. The van der Waals surface area contributed by atoms with Gasteiger partial charge in [0.25, 0.3) is 0 Å². The standard InChI is InChI=1S/C42H28N2/c1-25-13-14-30(38-22-18-29-16-15-28-9-7-23-43-41(28)42(29)44-38)24-37(25)31-20-21-36-39(26(31)2)34-12-6-5-11-33(34)35-19-17-27-8-3-4-10-32(27)40(35)36/h3-24H,1-2H3. The molecule has 0 aliphatic carbocycles. The second kappa shape index (κ2) is 9.45. The Morgan fingerprint density at radius 3 is 2.02 bits per heavy atom. The molecule has 0 N–H and O–H groups in total. The first-order valence-corrected chi connectivity index (χ1v) is 15.2. The molecule has 0 saturated carbocycles. The number of rotatable bonds is 2. The fourth-order valence-electron chi connectivity index (χ4n) is 7.24. The fourth-order valence-corrected chi connectivity index (χ4v) is 7.24. The third-order valence-corrected chi connectivity index (χ3v) is 9.41. The lowest BCUT2D eigenvalue weighted by Crippen LogP contribution is -1.94. The molecule has 0 amide bonds. The number of hydrogen-bond acceptors (Lipinski definition) is 2. The molecule has 0 bridgehead atoms. The summed E-state index contributed by atoms with van der Waals surface area (Å²) in [5.41, 5.74) is 8.99. The predicted molar refractivity (Wildman–Crippen MR) is 187 cm³/mol. The molecule has 0 fully saturated rings. The third-order valence-electron chi connectivity index (χ3n) is 9.41. The molecule has 2 aromatic heterocycles. The maximum absolute atomic E-state index is 5.15. The van der Waals surface area contributed by atoms with Crippen molar-refractivity contribution in [2.45, 2.75) is 13.8 Å². The van der Waals surface area contributed by atoms with Gasteiger partial charge < -0.3 is 0 Å². The third kappa shape index (κ3) is 3.61. The van der Waals surface area contributed by atoms with E-state index in [0.717, 1.165) is 33.1 Å². The van der Waals surface area contributed by atoms with E-state index in [1.807, 2.05) is 12.3 Å². The topological polar surface area (TPSA) is 25.8 Å². The monoisotopic (exact) mass is 560 g/mol. The molecule has 2 heteroatoms. The largest absolute Gasteiger partial charge is 0.254 e. The number of fused-ring (bicyclic) bond motifs is 11. The Kier molecular flexibility index (Phi) is 5.36. The fraction of sp³-hybridized carbons (Fsp3) is 0.0476. The molecule has 9 rings (SSSR count). The Hall–Kier alpha value is -5.60. The van der Waals surface area contributed by atoms with Crippen LogP contribution in [0.1, 0.15) is 11.1 Å². The lowest BCUT2D eigenvalue weighted by atomic mass is 9.85. The Bertz CT molecular complexity index is 2630. The van der Waals surface area contributed by atoms with Gasteiger partial charge in [-0.05, 0) is 97.4 Å². The molecule has 44 heavy (non-hydrogen) atoms. The van der Waals surface area contributed by atoms with Gasteiger partial charge in [0.1, 0.15) is 0 Å². The molecular weight excluding hydrogens is 532 g/mol. The van der Waals surface area contributed by atoms with Crippen molar-refractivity contribution in [3.63, 3.8) is 0 Å². The lowest BCUT2D eigenvalue weighted by Gasteiger charge is -2.18. The van der Waals surface area contributed by atoms with Crippen LogP contribution in [0.5, 0.6) is 0 Å². The average Bonchev–Trinajstić information content (AvgIpc) is 3.08. The summed E-state index contributed by atoms with van der Waals surface area (Å²) in [7, 11) is 0. The molecule has 2 heterocycles. The van der Waals surface area contributed by atoms with E-state index in [9.17, 15) is 0 Å². The minimum Gasteiger partial charge on any atom is -0.254 e. The van der Waals surface area contributed by atoms with Crippen LogP contribution < -0.4 is 0 Å². The first kappa shape index (κ1) is 24.9. The lowest BCUT2D eigenvalue weighted by molar-refractivity contribution is 1.36. The minimum absolute atomic E-state index is 0.940. The zero-order valence-electron chi connectivity index (χ0n) is 24.6. The van der Waals surface area contributed by atoms with E-state index in [1.54, 1.807) is 0 Å². The molecular formula is C42H28N2. The van der Waals surface area contributed by atoms with Crippen molar-refractivity contribution < 1.29 is 0 Å². The first-order chi connectivity index (χ1) is 21.7. The molecule has 9 aromatic rings. The van der Waals surface area contributed by atoms with Crippen molar-refractivity contribution in [1.29, 1.82) is 0 Å². The maximum atomic E-state index is 5.15. The van der Waals surface area contributed by atoms with Crippen molar-refractivity contribution in [2.75, 3.05) is 0 Å². The number of pyridine rings is 2. The van der Waals surface area contributed by atoms with E-state index in [1.165, 1.54) is 65.3 Å². The van der Waals surface area contributed by atoms with Crippen molar-refractivity contribution in [1.82, 2.24) is 9.97 Å². The van der Waals surface area contributed by atoms with Gasteiger partial charge in [-0.15, -0.1) is 0 Å². The summed E-state index contributed by atoms with van der Waals surface area (Å²) >= 11 is 0. The quantitative estimate of drug-likeness (QED) is 0.197. The van der Waals surface area contributed by atoms with Crippen LogP contribution in [0.15, 0.2) is 134 Å². The summed E-state index contributed by atoms with van der Waals surface area (Å²) in [5.74, 6) is 0. The average molecular weight is 561 g/mol. The van der Waals surface area contributed by atoms with Crippen LogP contribution in [0, 0.1) is 13.8 Å². The number of benzene rings is 7. The highest BCUT2D eigenvalue weighted by atomic mass is 14.7. The Labute approximate surface area is 255 Å². The van der Waals surface area contributed by atoms with Gasteiger partial charge in [0, 0.05) is 22.5 Å². The minimum atomic E-state index is 0.940. The van der Waals surface area contributed by atoms with E-state index in [2.05, 4.69) is 140 Å². The number of aromatic nitrogens is 2. The second-order valence-electron chi connectivity index (χ2n) is 11.9. The second-order valence-corrected chi connectivity index (χ2v) is 11.9. The van der Waals surface area contributed by atoms with Gasteiger partial charge in [-0.3, -0.25) is 4.98 Å². The summed E-state index contributed by atoms with van der Waals surface area (Å²) in [6.45, 7) is 4.50. The molecule has 0 unspecified atom stereocenters. The van der Waals surface area contributed by atoms with E-state index >= 15 is 0 Å². The van der Waals surface area contributed by atoms with Gasteiger partial charge >= 0.3 is 0 Å². The van der Waals surface area contributed by atoms with Crippen molar-refractivity contribution in [3.05, 3.63) is 145 Å². The summed E-state index contributed by atoms with van der Waals surface area (Å²) in [5, 5.41) is 12.6. The van der Waals surface area contributed by atoms with Crippen LogP contribution in [-0.2, 0) is 0 Å². The highest BCUT2D eigenvalue weighted by Gasteiger charge is 2.17.